The quantitative estimate of drug-likeness (QED) is 0.284. The monoisotopic (exact) mass is 422 g/mol. The first-order valence-corrected chi connectivity index (χ1v) is 11.1. The van der Waals surface area contributed by atoms with Crippen molar-refractivity contribution < 1.29 is 0 Å². The van der Waals surface area contributed by atoms with E-state index < -0.39 is 0 Å². The van der Waals surface area contributed by atoms with Crippen molar-refractivity contribution in [1.29, 1.82) is 0 Å². The van der Waals surface area contributed by atoms with Crippen LogP contribution in [-0.2, 0) is 0 Å². The van der Waals surface area contributed by atoms with Gasteiger partial charge < -0.3 is 14.5 Å². The fraction of sp³-hybridized carbons (Fsp3) is 0. The highest BCUT2D eigenvalue weighted by atomic mass is 15.0. The van der Waals surface area contributed by atoms with Crippen LogP contribution in [0.25, 0.3) is 71.1 Å². The Morgan fingerprint density at radius 1 is 0.485 bits per heavy atom. The molecule has 0 bridgehead atoms. The van der Waals surface area contributed by atoms with Gasteiger partial charge in [0.05, 0.1) is 11.0 Å². The van der Waals surface area contributed by atoms with Crippen LogP contribution >= 0.6 is 0 Å². The van der Waals surface area contributed by atoms with E-state index in [-0.39, 0.29) is 0 Å². The van der Waals surface area contributed by atoms with Gasteiger partial charge in [0.25, 0.3) is 0 Å². The van der Waals surface area contributed by atoms with Crippen LogP contribution in [0.15, 0.2) is 97.3 Å². The lowest BCUT2D eigenvalue weighted by Gasteiger charge is -2.07. The predicted molar refractivity (Wildman–Crippen MR) is 137 cm³/mol. The smallest absolute Gasteiger partial charge is 0.0548 e. The van der Waals surface area contributed by atoms with Gasteiger partial charge in [-0.15, -0.1) is 0 Å². The van der Waals surface area contributed by atoms with Gasteiger partial charge in [-0.25, -0.2) is 0 Å². The van der Waals surface area contributed by atoms with Gasteiger partial charge in [0.1, 0.15) is 0 Å². The summed E-state index contributed by atoms with van der Waals surface area (Å²) in [7, 11) is 0. The number of aromatic nitrogens is 4. The molecule has 4 aromatic heterocycles. The topological polar surface area (TPSA) is 49.4 Å². The predicted octanol–water partition coefficient (Wildman–Crippen LogP) is 7.45. The SMILES string of the molecule is c1ccc2c(c1)[nH]c1cc3c4cc5[nH]c6ccccc6c5cc4n(-c4ccncc4)c3cc12. The van der Waals surface area contributed by atoms with Crippen LogP contribution in [0.3, 0.4) is 0 Å². The van der Waals surface area contributed by atoms with Gasteiger partial charge in [-0.2, -0.15) is 0 Å². The highest BCUT2D eigenvalue weighted by molar-refractivity contribution is 6.21. The van der Waals surface area contributed by atoms with Crippen LogP contribution in [0.4, 0.5) is 0 Å². The Morgan fingerprint density at radius 2 is 1.00 bits per heavy atom. The molecule has 8 rings (SSSR count). The highest BCUT2D eigenvalue weighted by Gasteiger charge is 2.17. The van der Waals surface area contributed by atoms with Gasteiger partial charge in [0, 0.05) is 72.5 Å². The summed E-state index contributed by atoms with van der Waals surface area (Å²) in [5.74, 6) is 0. The van der Waals surface area contributed by atoms with E-state index >= 15 is 0 Å². The molecule has 0 spiro atoms. The fourth-order valence-corrected chi connectivity index (χ4v) is 5.48. The molecule has 0 atom stereocenters. The van der Waals surface area contributed by atoms with Crippen molar-refractivity contribution >= 4 is 65.4 Å². The molecule has 4 aromatic carbocycles. The molecule has 0 unspecified atom stereocenters. The summed E-state index contributed by atoms with van der Waals surface area (Å²) < 4.78 is 2.37. The van der Waals surface area contributed by atoms with Crippen molar-refractivity contribution in [2.24, 2.45) is 0 Å². The summed E-state index contributed by atoms with van der Waals surface area (Å²) in [5, 5.41) is 7.46. The number of H-pyrrole nitrogens is 2. The van der Waals surface area contributed by atoms with Crippen molar-refractivity contribution in [1.82, 2.24) is 19.5 Å². The molecule has 4 nitrogen and oxygen atoms in total. The summed E-state index contributed by atoms with van der Waals surface area (Å²) >= 11 is 0. The number of rotatable bonds is 1. The Kier molecular flexibility index (Phi) is 3.11. The van der Waals surface area contributed by atoms with E-state index in [1.54, 1.807) is 0 Å². The molecular formula is C29H18N4. The molecular weight excluding hydrogens is 404 g/mol. The zero-order valence-electron chi connectivity index (χ0n) is 17.6. The van der Waals surface area contributed by atoms with Crippen LogP contribution in [0.2, 0.25) is 0 Å². The van der Waals surface area contributed by atoms with Gasteiger partial charge >= 0.3 is 0 Å². The van der Waals surface area contributed by atoms with Crippen molar-refractivity contribution in [2.45, 2.75) is 0 Å². The van der Waals surface area contributed by atoms with Gasteiger partial charge in [-0.05, 0) is 48.5 Å². The first kappa shape index (κ1) is 17.0. The highest BCUT2D eigenvalue weighted by Crippen LogP contribution is 2.39. The molecule has 0 saturated carbocycles. The number of nitrogens with one attached hydrogen (secondary N) is 2. The third-order valence-corrected chi connectivity index (χ3v) is 6.94. The Bertz CT molecular complexity index is 1890. The standard InChI is InChI=1S/C29H18N4/c1-3-7-24-18(5-1)20-15-28-22(13-26(20)31-24)23-14-27-21(19-6-2-4-8-25(19)32-27)16-29(23)33(28)17-9-11-30-12-10-17/h1-16,31-32H. The number of pyridine rings is 1. The molecule has 8 aromatic rings. The summed E-state index contributed by atoms with van der Waals surface area (Å²) in [5.41, 5.74) is 8.17. The van der Waals surface area contributed by atoms with E-state index in [0.29, 0.717) is 0 Å². The van der Waals surface area contributed by atoms with Crippen molar-refractivity contribution in [3.63, 3.8) is 0 Å². The van der Waals surface area contributed by atoms with E-state index in [1.807, 2.05) is 12.4 Å². The molecule has 0 radical (unpaired) electrons. The molecule has 0 amide bonds. The lowest BCUT2D eigenvalue weighted by atomic mass is 10.1. The summed E-state index contributed by atoms with van der Waals surface area (Å²) in [4.78, 5) is 11.5. The van der Waals surface area contributed by atoms with Crippen LogP contribution < -0.4 is 0 Å². The molecule has 0 aliphatic rings. The van der Waals surface area contributed by atoms with E-state index in [4.69, 9.17) is 0 Å². The average Bonchev–Trinajstić information content (AvgIpc) is 3.50. The van der Waals surface area contributed by atoms with Crippen LogP contribution in [0.1, 0.15) is 0 Å². The second-order valence-electron chi connectivity index (χ2n) is 8.71. The van der Waals surface area contributed by atoms with E-state index in [0.717, 1.165) is 27.8 Å². The fourth-order valence-electron chi connectivity index (χ4n) is 5.48. The van der Waals surface area contributed by atoms with Crippen molar-refractivity contribution in [2.75, 3.05) is 0 Å². The maximum absolute atomic E-state index is 4.26. The Balaban J connectivity index is 1.61. The molecule has 0 aliphatic heterocycles. The van der Waals surface area contributed by atoms with Crippen LogP contribution in [-0.4, -0.2) is 19.5 Å². The zero-order valence-corrected chi connectivity index (χ0v) is 17.6. The van der Waals surface area contributed by atoms with Crippen molar-refractivity contribution in [3.8, 4) is 5.69 Å². The first-order valence-electron chi connectivity index (χ1n) is 11.1. The number of aromatic amines is 2. The third-order valence-electron chi connectivity index (χ3n) is 6.94. The number of nitrogens with zero attached hydrogens (tertiary/aromatic N) is 2. The maximum atomic E-state index is 4.26. The van der Waals surface area contributed by atoms with Gasteiger partial charge in [-0.1, -0.05) is 36.4 Å². The molecule has 0 saturated heterocycles. The summed E-state index contributed by atoms with van der Waals surface area (Å²) in [6, 6.07) is 30.5. The number of hydrogen-bond acceptors (Lipinski definition) is 1. The maximum Gasteiger partial charge on any atom is 0.0548 e. The summed E-state index contributed by atoms with van der Waals surface area (Å²) in [6.45, 7) is 0. The van der Waals surface area contributed by atoms with E-state index in [1.165, 1.54) is 43.4 Å². The average molecular weight is 422 g/mol. The zero-order chi connectivity index (χ0) is 21.5. The van der Waals surface area contributed by atoms with E-state index in [2.05, 4.69) is 104 Å². The lowest BCUT2D eigenvalue weighted by molar-refractivity contribution is 1.16. The Labute approximate surface area is 188 Å². The second kappa shape index (κ2) is 6.02. The number of benzene rings is 4. The summed E-state index contributed by atoms with van der Waals surface area (Å²) in [6.07, 6.45) is 3.73. The third kappa shape index (κ3) is 2.22. The molecule has 0 fully saturated rings. The van der Waals surface area contributed by atoms with Crippen LogP contribution in [0, 0.1) is 0 Å². The number of para-hydroxylation sites is 2. The largest absolute Gasteiger partial charge is 0.354 e. The molecule has 4 heterocycles. The molecule has 0 aliphatic carbocycles. The van der Waals surface area contributed by atoms with Crippen molar-refractivity contribution in [3.05, 3.63) is 97.3 Å². The van der Waals surface area contributed by atoms with Gasteiger partial charge in [0.2, 0.25) is 0 Å². The molecule has 4 heteroatoms. The van der Waals surface area contributed by atoms with Gasteiger partial charge in [0.15, 0.2) is 0 Å². The Morgan fingerprint density at radius 3 is 1.55 bits per heavy atom. The minimum Gasteiger partial charge on any atom is -0.354 e. The number of fused-ring (bicyclic) bond motifs is 9. The normalized spacial score (nSPS) is 12.2. The first-order chi connectivity index (χ1) is 16.3. The molecule has 33 heavy (non-hydrogen) atoms. The lowest BCUT2D eigenvalue weighted by Crippen LogP contribution is -1.93. The minimum atomic E-state index is 1.11. The molecule has 2 N–H and O–H groups in total. The second-order valence-corrected chi connectivity index (χ2v) is 8.71. The number of hydrogen-bond donors (Lipinski definition) is 2. The van der Waals surface area contributed by atoms with Gasteiger partial charge in [-0.3, -0.25) is 4.98 Å². The van der Waals surface area contributed by atoms with Crippen LogP contribution in [0.5, 0.6) is 0 Å². The Hall–Kier alpha value is -4.57. The minimum absolute atomic E-state index is 1.11. The van der Waals surface area contributed by atoms with E-state index in [9.17, 15) is 0 Å². The molecule has 154 valence electrons.